The molecule has 0 fully saturated rings. The highest BCUT2D eigenvalue weighted by Gasteiger charge is 2.23. The molecule has 0 heterocycles. The smallest absolute Gasteiger partial charge is 0.0691 e. The molecule has 0 amide bonds. The van der Waals surface area contributed by atoms with Crippen LogP contribution in [0.15, 0.2) is 0 Å². The summed E-state index contributed by atoms with van der Waals surface area (Å²) >= 11 is 0. The first-order valence-electron chi connectivity index (χ1n) is 6.55. The van der Waals surface area contributed by atoms with Crippen molar-refractivity contribution in [2.45, 2.75) is 70.9 Å². The summed E-state index contributed by atoms with van der Waals surface area (Å²) in [6.07, 6.45) is 12.5. The number of rotatable bonds is 9. The Morgan fingerprint density at radius 1 is 1.31 bits per heavy atom. The molecule has 16 heavy (non-hydrogen) atoms. The Bertz CT molecular complexity index is 207. The average molecular weight is 224 g/mol. The molecule has 2 atom stereocenters. The van der Waals surface area contributed by atoms with E-state index in [1.165, 1.54) is 19.3 Å². The largest absolute Gasteiger partial charge is 0.329 e. The van der Waals surface area contributed by atoms with E-state index >= 15 is 0 Å². The Balaban J connectivity index is 4.17. The lowest BCUT2D eigenvalue weighted by molar-refractivity contribution is 0.304. The highest BCUT2D eigenvalue weighted by Crippen LogP contribution is 2.15. The fourth-order valence-electron chi connectivity index (χ4n) is 1.90. The molecule has 0 rings (SSSR count). The van der Waals surface area contributed by atoms with E-state index in [1.54, 1.807) is 0 Å². The molecule has 0 radical (unpaired) electrons. The number of unbranched alkanes of at least 4 members (excludes halogenated alkanes) is 2. The molecule has 0 bridgehead atoms. The molecule has 0 spiro atoms. The van der Waals surface area contributed by atoms with E-state index in [4.69, 9.17) is 12.2 Å². The Kier molecular flexibility index (Phi) is 8.33. The van der Waals surface area contributed by atoms with Crippen LogP contribution >= 0.6 is 0 Å². The third kappa shape index (κ3) is 6.15. The maximum Gasteiger partial charge on any atom is 0.0691 e. The minimum atomic E-state index is 0.00137. The van der Waals surface area contributed by atoms with Crippen molar-refractivity contribution in [1.82, 2.24) is 5.32 Å². The maximum atomic E-state index is 5.86. The van der Waals surface area contributed by atoms with Gasteiger partial charge in [0.15, 0.2) is 0 Å². The number of terminal acetylenes is 1. The van der Waals surface area contributed by atoms with Crippen molar-refractivity contribution < 1.29 is 0 Å². The molecule has 3 N–H and O–H groups in total. The molecule has 0 saturated heterocycles. The van der Waals surface area contributed by atoms with Gasteiger partial charge in [-0.1, -0.05) is 45.5 Å². The van der Waals surface area contributed by atoms with Crippen LogP contribution in [0.5, 0.6) is 0 Å². The van der Waals surface area contributed by atoms with Gasteiger partial charge < -0.3 is 5.73 Å². The van der Waals surface area contributed by atoms with Gasteiger partial charge in [0.1, 0.15) is 0 Å². The highest BCUT2D eigenvalue weighted by atomic mass is 15.0. The van der Waals surface area contributed by atoms with Gasteiger partial charge in [-0.25, -0.2) is 0 Å². The Labute approximate surface area is 101 Å². The second kappa shape index (κ2) is 8.61. The van der Waals surface area contributed by atoms with Gasteiger partial charge >= 0.3 is 0 Å². The van der Waals surface area contributed by atoms with Crippen LogP contribution in [0.25, 0.3) is 0 Å². The first kappa shape index (κ1) is 15.5. The number of hydrogen-bond donors (Lipinski definition) is 2. The van der Waals surface area contributed by atoms with Crippen molar-refractivity contribution in [3.05, 3.63) is 0 Å². The zero-order valence-electron chi connectivity index (χ0n) is 11.2. The standard InChI is InChI=1S/C14H28N2/c1-5-8-9-11-14(4,12-15)16-13(7-3)10-6-2/h3,13,16H,5-6,8-12,15H2,1-2,4H3. The summed E-state index contributed by atoms with van der Waals surface area (Å²) < 4.78 is 0. The molecule has 0 aliphatic rings. The quantitative estimate of drug-likeness (QED) is 0.467. The van der Waals surface area contributed by atoms with Gasteiger partial charge in [0.2, 0.25) is 0 Å². The summed E-state index contributed by atoms with van der Waals surface area (Å²) in [5.41, 5.74) is 5.86. The van der Waals surface area contributed by atoms with E-state index in [0.717, 1.165) is 19.3 Å². The second-order valence-corrected chi connectivity index (χ2v) is 4.87. The Hall–Kier alpha value is -0.520. The molecule has 2 unspecified atom stereocenters. The van der Waals surface area contributed by atoms with Crippen molar-refractivity contribution >= 4 is 0 Å². The number of nitrogens with two attached hydrogens (primary N) is 1. The van der Waals surface area contributed by atoms with Gasteiger partial charge in [0.25, 0.3) is 0 Å². The van der Waals surface area contributed by atoms with E-state index in [1.807, 2.05) is 0 Å². The van der Waals surface area contributed by atoms with Crippen LogP contribution in [0.2, 0.25) is 0 Å². The molecular weight excluding hydrogens is 196 g/mol. The van der Waals surface area contributed by atoms with Crippen molar-refractivity contribution in [2.24, 2.45) is 5.73 Å². The SMILES string of the molecule is C#CC(CCC)NC(C)(CN)CCCCC. The topological polar surface area (TPSA) is 38.0 Å². The fraction of sp³-hybridized carbons (Fsp3) is 0.857. The summed E-state index contributed by atoms with van der Waals surface area (Å²) in [5.74, 6) is 2.82. The molecule has 94 valence electrons. The molecule has 2 heteroatoms. The van der Waals surface area contributed by atoms with Gasteiger partial charge in [-0.15, -0.1) is 6.42 Å². The molecule has 0 saturated carbocycles. The van der Waals surface area contributed by atoms with Crippen molar-refractivity contribution in [3.63, 3.8) is 0 Å². The van der Waals surface area contributed by atoms with Crippen molar-refractivity contribution in [2.75, 3.05) is 6.54 Å². The number of nitrogens with one attached hydrogen (secondary N) is 1. The average Bonchev–Trinajstić information content (AvgIpc) is 2.29. The van der Waals surface area contributed by atoms with Crippen LogP contribution in [-0.4, -0.2) is 18.1 Å². The van der Waals surface area contributed by atoms with Gasteiger partial charge in [0, 0.05) is 12.1 Å². The summed E-state index contributed by atoms with van der Waals surface area (Å²) in [5, 5.41) is 3.53. The molecule has 0 aliphatic heterocycles. The summed E-state index contributed by atoms with van der Waals surface area (Å²) in [7, 11) is 0. The van der Waals surface area contributed by atoms with Gasteiger partial charge in [0.05, 0.1) is 6.04 Å². The van der Waals surface area contributed by atoms with E-state index in [9.17, 15) is 0 Å². The summed E-state index contributed by atoms with van der Waals surface area (Å²) in [6, 6.07) is 0.167. The minimum absolute atomic E-state index is 0.00137. The van der Waals surface area contributed by atoms with Crippen LogP contribution in [-0.2, 0) is 0 Å². The van der Waals surface area contributed by atoms with Crippen LogP contribution in [0, 0.1) is 12.3 Å². The molecule has 2 nitrogen and oxygen atoms in total. The van der Waals surface area contributed by atoms with Crippen LogP contribution in [0.3, 0.4) is 0 Å². The van der Waals surface area contributed by atoms with Crippen LogP contribution in [0.4, 0.5) is 0 Å². The third-order valence-electron chi connectivity index (χ3n) is 3.08. The predicted octanol–water partition coefficient (Wildman–Crippen LogP) is 2.68. The minimum Gasteiger partial charge on any atom is -0.329 e. The molecule has 0 aromatic heterocycles. The number of hydrogen-bond acceptors (Lipinski definition) is 2. The van der Waals surface area contributed by atoms with Crippen molar-refractivity contribution in [1.29, 1.82) is 0 Å². The highest BCUT2D eigenvalue weighted by molar-refractivity contribution is 5.02. The first-order valence-corrected chi connectivity index (χ1v) is 6.55. The normalized spacial score (nSPS) is 16.4. The molecule has 0 aliphatic carbocycles. The molecule has 0 aromatic rings. The van der Waals surface area contributed by atoms with Crippen LogP contribution in [0.1, 0.15) is 59.3 Å². The lowest BCUT2D eigenvalue weighted by Crippen LogP contribution is -2.52. The second-order valence-electron chi connectivity index (χ2n) is 4.87. The zero-order valence-corrected chi connectivity index (χ0v) is 11.2. The monoisotopic (exact) mass is 224 g/mol. The van der Waals surface area contributed by atoms with Gasteiger partial charge in [-0.2, -0.15) is 0 Å². The lowest BCUT2D eigenvalue weighted by atomic mass is 9.93. The molecule has 0 aromatic carbocycles. The van der Waals surface area contributed by atoms with E-state index < -0.39 is 0 Å². The molecular formula is C14H28N2. The third-order valence-corrected chi connectivity index (χ3v) is 3.08. The first-order chi connectivity index (χ1) is 7.61. The van der Waals surface area contributed by atoms with Gasteiger partial charge in [-0.3, -0.25) is 5.32 Å². The fourth-order valence-corrected chi connectivity index (χ4v) is 1.90. The predicted molar refractivity (Wildman–Crippen MR) is 72.3 cm³/mol. The van der Waals surface area contributed by atoms with E-state index in [2.05, 4.69) is 32.0 Å². The maximum absolute atomic E-state index is 5.86. The lowest BCUT2D eigenvalue weighted by Gasteiger charge is -2.32. The summed E-state index contributed by atoms with van der Waals surface area (Å²) in [4.78, 5) is 0. The van der Waals surface area contributed by atoms with Crippen LogP contribution < -0.4 is 11.1 Å². The van der Waals surface area contributed by atoms with Gasteiger partial charge in [-0.05, 0) is 19.8 Å². The zero-order chi connectivity index (χ0) is 12.4. The van der Waals surface area contributed by atoms with E-state index in [-0.39, 0.29) is 11.6 Å². The Morgan fingerprint density at radius 2 is 2.00 bits per heavy atom. The Morgan fingerprint density at radius 3 is 2.44 bits per heavy atom. The van der Waals surface area contributed by atoms with E-state index in [0.29, 0.717) is 6.54 Å². The summed E-state index contributed by atoms with van der Waals surface area (Å²) in [6.45, 7) is 7.21. The van der Waals surface area contributed by atoms with Crippen molar-refractivity contribution in [3.8, 4) is 12.3 Å².